The average molecular weight is 362 g/mol. The van der Waals surface area contributed by atoms with Crippen LogP contribution < -0.4 is 10.1 Å². The van der Waals surface area contributed by atoms with Crippen LogP contribution in [0.3, 0.4) is 0 Å². The van der Waals surface area contributed by atoms with Crippen molar-refractivity contribution in [3.05, 3.63) is 66.0 Å². The molecule has 6 nitrogen and oxygen atoms in total. The third-order valence-corrected chi connectivity index (χ3v) is 4.46. The highest BCUT2D eigenvalue weighted by Crippen LogP contribution is 2.20. The molecule has 27 heavy (non-hydrogen) atoms. The van der Waals surface area contributed by atoms with E-state index in [2.05, 4.69) is 11.4 Å². The Kier molecular flexibility index (Phi) is 5.74. The van der Waals surface area contributed by atoms with E-state index in [4.69, 9.17) is 4.74 Å². The topological polar surface area (TPSA) is 69.8 Å². The van der Waals surface area contributed by atoms with Gasteiger partial charge in [-0.05, 0) is 42.9 Å². The minimum absolute atomic E-state index is 0.0933. The fourth-order valence-electron chi connectivity index (χ4n) is 3.02. The van der Waals surface area contributed by atoms with E-state index in [9.17, 15) is 10.1 Å². The Bertz CT molecular complexity index is 970. The fraction of sp³-hybridized carbons (Fsp3) is 0.238. The van der Waals surface area contributed by atoms with Gasteiger partial charge in [-0.2, -0.15) is 5.26 Å². The summed E-state index contributed by atoms with van der Waals surface area (Å²) in [7, 11) is 1.60. The highest BCUT2D eigenvalue weighted by Gasteiger charge is 2.15. The van der Waals surface area contributed by atoms with Crippen molar-refractivity contribution in [1.29, 1.82) is 5.26 Å². The summed E-state index contributed by atoms with van der Waals surface area (Å²) in [4.78, 5) is 14.4. The first kappa shape index (κ1) is 18.5. The van der Waals surface area contributed by atoms with Gasteiger partial charge >= 0.3 is 0 Å². The zero-order valence-corrected chi connectivity index (χ0v) is 15.5. The standard InChI is InChI=1S/C21H22N4O2/c1-3-24(15-21(26)23-17-7-9-18(27-2)10-8-17)13-16-14-25-11-5-4-6-20(25)19(16)12-22/h4-11,14H,3,13,15H2,1-2H3,(H,23,26). The third kappa shape index (κ3) is 4.27. The molecule has 2 aromatic heterocycles. The molecule has 3 rings (SSSR count). The second-order valence-corrected chi connectivity index (χ2v) is 6.21. The quantitative estimate of drug-likeness (QED) is 0.700. The summed E-state index contributed by atoms with van der Waals surface area (Å²) in [6, 6.07) is 15.3. The number of pyridine rings is 1. The lowest BCUT2D eigenvalue weighted by molar-refractivity contribution is -0.117. The molecule has 6 heteroatoms. The Hall–Kier alpha value is -3.30. The van der Waals surface area contributed by atoms with E-state index >= 15 is 0 Å². The van der Waals surface area contributed by atoms with E-state index in [0.717, 1.165) is 22.5 Å². The molecule has 3 aromatic rings. The summed E-state index contributed by atoms with van der Waals surface area (Å²) in [5, 5.41) is 12.4. The van der Waals surface area contributed by atoms with Crippen molar-refractivity contribution in [1.82, 2.24) is 9.30 Å². The smallest absolute Gasteiger partial charge is 0.238 e. The number of nitrogens with one attached hydrogen (secondary N) is 1. The minimum atomic E-state index is -0.0933. The van der Waals surface area contributed by atoms with Gasteiger partial charge < -0.3 is 14.5 Å². The van der Waals surface area contributed by atoms with Crippen molar-refractivity contribution in [2.24, 2.45) is 0 Å². The number of nitrogens with zero attached hydrogens (tertiary/aromatic N) is 3. The van der Waals surface area contributed by atoms with E-state index < -0.39 is 0 Å². The minimum Gasteiger partial charge on any atom is -0.497 e. The van der Waals surface area contributed by atoms with E-state index in [1.54, 1.807) is 31.4 Å². The van der Waals surface area contributed by atoms with E-state index in [0.29, 0.717) is 18.7 Å². The number of ether oxygens (including phenoxy) is 1. The van der Waals surface area contributed by atoms with E-state index in [1.165, 1.54) is 0 Å². The maximum atomic E-state index is 12.4. The molecule has 0 spiro atoms. The third-order valence-electron chi connectivity index (χ3n) is 4.46. The molecule has 1 N–H and O–H groups in total. The van der Waals surface area contributed by atoms with Gasteiger partial charge in [0, 0.05) is 30.2 Å². The molecule has 0 aliphatic rings. The normalized spacial score (nSPS) is 10.7. The van der Waals surface area contributed by atoms with Crippen LogP contribution in [0.4, 0.5) is 5.69 Å². The molecule has 0 radical (unpaired) electrons. The number of anilines is 1. The average Bonchev–Trinajstić information content (AvgIpc) is 3.04. The number of rotatable bonds is 7. The second-order valence-electron chi connectivity index (χ2n) is 6.21. The number of carbonyl (C=O) groups excluding carboxylic acids is 1. The molecule has 0 bridgehead atoms. The van der Waals surface area contributed by atoms with Crippen molar-refractivity contribution < 1.29 is 9.53 Å². The molecule has 1 amide bonds. The Morgan fingerprint density at radius 2 is 2.04 bits per heavy atom. The first-order chi connectivity index (χ1) is 13.1. The maximum absolute atomic E-state index is 12.4. The highest BCUT2D eigenvalue weighted by molar-refractivity contribution is 5.92. The summed E-state index contributed by atoms with van der Waals surface area (Å²) >= 11 is 0. The molecule has 0 fully saturated rings. The monoisotopic (exact) mass is 362 g/mol. The number of carbonyl (C=O) groups is 1. The number of hydrogen-bond donors (Lipinski definition) is 1. The Morgan fingerprint density at radius 3 is 2.70 bits per heavy atom. The molecule has 0 saturated heterocycles. The van der Waals surface area contributed by atoms with Crippen LogP contribution in [0.5, 0.6) is 5.75 Å². The lowest BCUT2D eigenvalue weighted by atomic mass is 10.1. The van der Waals surface area contributed by atoms with Crippen LogP contribution in [-0.2, 0) is 11.3 Å². The molecular formula is C21H22N4O2. The van der Waals surface area contributed by atoms with Gasteiger partial charge in [0.15, 0.2) is 0 Å². The summed E-state index contributed by atoms with van der Waals surface area (Å²) in [6.45, 7) is 3.49. The molecule has 2 heterocycles. The number of aromatic nitrogens is 1. The molecule has 0 atom stereocenters. The predicted molar refractivity (Wildman–Crippen MR) is 105 cm³/mol. The van der Waals surface area contributed by atoms with Crippen LogP contribution in [0, 0.1) is 11.3 Å². The van der Waals surface area contributed by atoms with Gasteiger partial charge in [0.1, 0.15) is 11.8 Å². The van der Waals surface area contributed by atoms with Gasteiger partial charge in [0.2, 0.25) is 5.91 Å². The maximum Gasteiger partial charge on any atom is 0.238 e. The Morgan fingerprint density at radius 1 is 1.26 bits per heavy atom. The number of amides is 1. The van der Waals surface area contributed by atoms with Gasteiger partial charge in [0.05, 0.1) is 24.7 Å². The van der Waals surface area contributed by atoms with E-state index in [1.807, 2.05) is 46.8 Å². The van der Waals surface area contributed by atoms with Gasteiger partial charge in [0.25, 0.3) is 0 Å². The number of likely N-dealkylation sites (N-methyl/N-ethyl adjacent to an activating group) is 1. The number of hydrogen-bond acceptors (Lipinski definition) is 4. The Labute approximate surface area is 158 Å². The molecule has 1 aromatic carbocycles. The van der Waals surface area contributed by atoms with Crippen LogP contribution in [0.25, 0.3) is 5.52 Å². The molecular weight excluding hydrogens is 340 g/mol. The van der Waals surface area contributed by atoms with Crippen LogP contribution in [0.2, 0.25) is 0 Å². The van der Waals surface area contributed by atoms with Crippen LogP contribution in [0.1, 0.15) is 18.1 Å². The Balaban J connectivity index is 1.68. The van der Waals surface area contributed by atoms with Gasteiger partial charge in [-0.1, -0.05) is 13.0 Å². The predicted octanol–water partition coefficient (Wildman–Crippen LogP) is 3.28. The highest BCUT2D eigenvalue weighted by atomic mass is 16.5. The first-order valence-corrected chi connectivity index (χ1v) is 8.79. The van der Waals surface area contributed by atoms with Crippen LogP contribution >= 0.6 is 0 Å². The molecule has 0 aliphatic heterocycles. The van der Waals surface area contributed by atoms with Gasteiger partial charge in [-0.3, -0.25) is 9.69 Å². The molecule has 138 valence electrons. The van der Waals surface area contributed by atoms with Crippen molar-refractivity contribution in [3.8, 4) is 11.8 Å². The summed E-state index contributed by atoms with van der Waals surface area (Å²) in [5.41, 5.74) is 3.19. The number of nitriles is 1. The largest absolute Gasteiger partial charge is 0.497 e. The molecule has 0 unspecified atom stereocenters. The molecule has 0 saturated carbocycles. The number of fused-ring (bicyclic) bond motifs is 1. The van der Waals surface area contributed by atoms with Crippen molar-refractivity contribution in [2.75, 3.05) is 25.5 Å². The summed E-state index contributed by atoms with van der Waals surface area (Å²) in [5.74, 6) is 0.650. The van der Waals surface area contributed by atoms with Gasteiger partial charge in [-0.25, -0.2) is 0 Å². The zero-order chi connectivity index (χ0) is 19.2. The van der Waals surface area contributed by atoms with Crippen molar-refractivity contribution >= 4 is 17.1 Å². The lowest BCUT2D eigenvalue weighted by Crippen LogP contribution is -2.32. The number of methoxy groups -OCH3 is 1. The molecule has 0 aliphatic carbocycles. The summed E-state index contributed by atoms with van der Waals surface area (Å²) < 4.78 is 7.06. The summed E-state index contributed by atoms with van der Waals surface area (Å²) in [6.07, 6.45) is 3.88. The fourth-order valence-corrected chi connectivity index (χ4v) is 3.02. The first-order valence-electron chi connectivity index (χ1n) is 8.79. The van der Waals surface area contributed by atoms with E-state index in [-0.39, 0.29) is 12.5 Å². The second kappa shape index (κ2) is 8.39. The van der Waals surface area contributed by atoms with Crippen LogP contribution in [0.15, 0.2) is 54.9 Å². The number of benzene rings is 1. The van der Waals surface area contributed by atoms with Gasteiger partial charge in [-0.15, -0.1) is 0 Å². The van der Waals surface area contributed by atoms with Crippen molar-refractivity contribution in [2.45, 2.75) is 13.5 Å². The van der Waals surface area contributed by atoms with Crippen LogP contribution in [-0.4, -0.2) is 35.4 Å². The van der Waals surface area contributed by atoms with Crippen molar-refractivity contribution in [3.63, 3.8) is 0 Å². The lowest BCUT2D eigenvalue weighted by Gasteiger charge is -2.19. The SMILES string of the molecule is CCN(CC(=O)Nc1ccc(OC)cc1)Cc1cn2ccccc2c1C#N. The zero-order valence-electron chi connectivity index (χ0n) is 15.5.